The molecule has 0 unspecified atom stereocenters. The zero-order chi connectivity index (χ0) is 16.3. The van der Waals surface area contributed by atoms with Crippen molar-refractivity contribution < 1.29 is 5.11 Å². The summed E-state index contributed by atoms with van der Waals surface area (Å²) in [5.74, 6) is 5.65. The number of benzene rings is 1. The van der Waals surface area contributed by atoms with E-state index in [0.29, 0.717) is 5.69 Å². The van der Waals surface area contributed by atoms with E-state index in [4.69, 9.17) is 0 Å². The highest BCUT2D eigenvalue weighted by molar-refractivity contribution is 5.54. The van der Waals surface area contributed by atoms with E-state index < -0.39 is 5.60 Å². The Morgan fingerprint density at radius 1 is 1.04 bits per heavy atom. The van der Waals surface area contributed by atoms with Crippen molar-refractivity contribution in [2.45, 2.75) is 19.4 Å². The van der Waals surface area contributed by atoms with E-state index in [2.05, 4.69) is 27.1 Å². The third-order valence-corrected chi connectivity index (χ3v) is 3.05. The Hall–Kier alpha value is -2.97. The van der Waals surface area contributed by atoms with Crippen LogP contribution < -0.4 is 0 Å². The number of aliphatic hydroxyl groups is 1. The van der Waals surface area contributed by atoms with Gasteiger partial charge in [-0.15, -0.1) is 5.10 Å². The monoisotopic (exact) mass is 304 g/mol. The van der Waals surface area contributed by atoms with Crippen molar-refractivity contribution >= 4 is 0 Å². The summed E-state index contributed by atoms with van der Waals surface area (Å²) in [4.78, 5) is 4.36. The number of aromatic nitrogens is 4. The topological polar surface area (TPSA) is 63.8 Å². The lowest BCUT2D eigenvalue weighted by Crippen LogP contribution is -2.14. The molecule has 2 aromatic heterocycles. The Balaban J connectivity index is 1.83. The van der Waals surface area contributed by atoms with Gasteiger partial charge in [-0.1, -0.05) is 35.3 Å². The van der Waals surface area contributed by atoms with Crippen LogP contribution in [0.15, 0.2) is 54.9 Å². The second-order valence-corrected chi connectivity index (χ2v) is 5.63. The van der Waals surface area contributed by atoms with Crippen LogP contribution in [0.2, 0.25) is 0 Å². The zero-order valence-corrected chi connectivity index (χ0v) is 12.9. The Labute approximate surface area is 134 Å². The van der Waals surface area contributed by atoms with Crippen molar-refractivity contribution in [3.8, 4) is 28.9 Å². The van der Waals surface area contributed by atoms with Crippen LogP contribution in [-0.4, -0.2) is 30.7 Å². The maximum atomic E-state index is 9.61. The molecule has 0 saturated carbocycles. The number of nitrogens with zero attached hydrogens (tertiary/aromatic N) is 4. The van der Waals surface area contributed by atoms with Crippen LogP contribution in [0.4, 0.5) is 0 Å². The summed E-state index contributed by atoms with van der Waals surface area (Å²) in [6.07, 6.45) is 3.50. The van der Waals surface area contributed by atoms with E-state index in [1.54, 1.807) is 24.7 Å². The molecule has 5 nitrogen and oxygen atoms in total. The van der Waals surface area contributed by atoms with Gasteiger partial charge in [0.25, 0.3) is 0 Å². The first-order valence-corrected chi connectivity index (χ1v) is 7.21. The lowest BCUT2D eigenvalue weighted by atomic mass is 10.1. The molecule has 0 aliphatic carbocycles. The smallest absolute Gasteiger partial charge is 0.131 e. The maximum absolute atomic E-state index is 9.61. The molecular weight excluding hydrogens is 288 g/mol. The van der Waals surface area contributed by atoms with Gasteiger partial charge in [-0.25, -0.2) is 4.68 Å². The van der Waals surface area contributed by atoms with E-state index in [1.165, 1.54) is 0 Å². The average Bonchev–Trinajstić information content (AvgIpc) is 3.04. The standard InChI is InChI=1S/C18H16N4O/c1-18(2,23)11-10-14-8-9-16(19-12-14)17-13-22(21-20-17)15-6-4-3-5-7-15/h3-9,12-13,23H,1-2H3. The largest absolute Gasteiger partial charge is 0.378 e. The lowest BCUT2D eigenvalue weighted by molar-refractivity contribution is 0.143. The highest BCUT2D eigenvalue weighted by atomic mass is 16.3. The Morgan fingerprint density at radius 3 is 2.48 bits per heavy atom. The minimum Gasteiger partial charge on any atom is -0.378 e. The lowest BCUT2D eigenvalue weighted by Gasteiger charge is -2.05. The molecule has 0 saturated heterocycles. The maximum Gasteiger partial charge on any atom is 0.131 e. The fourth-order valence-electron chi connectivity index (χ4n) is 1.93. The zero-order valence-electron chi connectivity index (χ0n) is 12.9. The van der Waals surface area contributed by atoms with Gasteiger partial charge in [0, 0.05) is 11.8 Å². The summed E-state index contributed by atoms with van der Waals surface area (Å²) in [5.41, 5.74) is 2.08. The van der Waals surface area contributed by atoms with Crippen LogP contribution in [0.5, 0.6) is 0 Å². The fraction of sp³-hybridized carbons (Fsp3) is 0.167. The summed E-state index contributed by atoms with van der Waals surface area (Å²) in [5, 5.41) is 17.9. The second kappa shape index (κ2) is 6.03. The quantitative estimate of drug-likeness (QED) is 0.739. The highest BCUT2D eigenvalue weighted by Crippen LogP contribution is 2.15. The van der Waals surface area contributed by atoms with Crippen molar-refractivity contribution in [3.63, 3.8) is 0 Å². The van der Waals surface area contributed by atoms with E-state index in [1.807, 2.05) is 48.7 Å². The molecule has 1 aromatic carbocycles. The molecule has 0 atom stereocenters. The number of para-hydroxylation sites is 1. The molecule has 0 fully saturated rings. The molecular formula is C18H16N4O. The normalized spacial score (nSPS) is 10.9. The predicted octanol–water partition coefficient (Wildman–Crippen LogP) is 2.45. The minimum atomic E-state index is -1.02. The van der Waals surface area contributed by atoms with Gasteiger partial charge in [0.2, 0.25) is 0 Å². The first kappa shape index (κ1) is 14.9. The Morgan fingerprint density at radius 2 is 1.83 bits per heavy atom. The summed E-state index contributed by atoms with van der Waals surface area (Å²) >= 11 is 0. The first-order chi connectivity index (χ1) is 11.0. The van der Waals surface area contributed by atoms with Crippen molar-refractivity contribution in [2.75, 3.05) is 0 Å². The molecule has 2 heterocycles. The Bertz CT molecular complexity index is 850. The Kier molecular flexibility index (Phi) is 3.92. The average molecular weight is 304 g/mol. The number of pyridine rings is 1. The van der Waals surface area contributed by atoms with Gasteiger partial charge in [-0.05, 0) is 38.1 Å². The van der Waals surface area contributed by atoms with Crippen LogP contribution in [0.1, 0.15) is 19.4 Å². The molecule has 0 aliphatic heterocycles. The van der Waals surface area contributed by atoms with Gasteiger partial charge in [-0.2, -0.15) is 0 Å². The summed E-state index contributed by atoms with van der Waals surface area (Å²) in [6.45, 7) is 3.29. The number of rotatable bonds is 2. The van der Waals surface area contributed by atoms with Gasteiger partial charge >= 0.3 is 0 Å². The van der Waals surface area contributed by atoms with E-state index in [0.717, 1.165) is 16.9 Å². The molecule has 0 amide bonds. The van der Waals surface area contributed by atoms with Crippen LogP contribution in [-0.2, 0) is 0 Å². The first-order valence-electron chi connectivity index (χ1n) is 7.21. The molecule has 0 radical (unpaired) electrons. The number of hydrogen-bond donors (Lipinski definition) is 1. The molecule has 3 rings (SSSR count). The number of hydrogen-bond acceptors (Lipinski definition) is 4. The molecule has 0 spiro atoms. The van der Waals surface area contributed by atoms with Crippen LogP contribution >= 0.6 is 0 Å². The van der Waals surface area contributed by atoms with E-state index >= 15 is 0 Å². The van der Waals surface area contributed by atoms with Crippen LogP contribution in [0.3, 0.4) is 0 Å². The molecule has 23 heavy (non-hydrogen) atoms. The minimum absolute atomic E-state index is 0.691. The summed E-state index contributed by atoms with van der Waals surface area (Å²) in [6, 6.07) is 13.5. The molecule has 0 bridgehead atoms. The third kappa shape index (κ3) is 3.82. The van der Waals surface area contributed by atoms with E-state index in [9.17, 15) is 5.11 Å². The molecule has 5 heteroatoms. The molecule has 114 valence electrons. The highest BCUT2D eigenvalue weighted by Gasteiger charge is 2.07. The van der Waals surface area contributed by atoms with Gasteiger partial charge in [0.1, 0.15) is 11.3 Å². The molecule has 3 aromatic rings. The SMILES string of the molecule is CC(C)(O)C#Cc1ccc(-c2cn(-c3ccccc3)nn2)nc1. The van der Waals surface area contributed by atoms with E-state index in [-0.39, 0.29) is 0 Å². The van der Waals surface area contributed by atoms with Gasteiger partial charge in [-0.3, -0.25) is 4.98 Å². The third-order valence-electron chi connectivity index (χ3n) is 3.05. The fourth-order valence-corrected chi connectivity index (χ4v) is 1.93. The second-order valence-electron chi connectivity index (χ2n) is 5.63. The van der Waals surface area contributed by atoms with Gasteiger partial charge in [0.05, 0.1) is 17.6 Å². The summed E-state index contributed by atoms with van der Waals surface area (Å²) in [7, 11) is 0. The van der Waals surface area contributed by atoms with Gasteiger partial charge in [0.15, 0.2) is 0 Å². The van der Waals surface area contributed by atoms with Crippen molar-refractivity contribution in [3.05, 3.63) is 60.4 Å². The van der Waals surface area contributed by atoms with Crippen molar-refractivity contribution in [2.24, 2.45) is 0 Å². The molecule has 0 aliphatic rings. The molecule has 1 N–H and O–H groups in total. The van der Waals surface area contributed by atoms with Crippen molar-refractivity contribution in [1.82, 2.24) is 20.0 Å². The van der Waals surface area contributed by atoms with Crippen LogP contribution in [0, 0.1) is 11.8 Å². The van der Waals surface area contributed by atoms with Gasteiger partial charge < -0.3 is 5.11 Å². The summed E-state index contributed by atoms with van der Waals surface area (Å²) < 4.78 is 1.71. The van der Waals surface area contributed by atoms with Crippen LogP contribution in [0.25, 0.3) is 17.1 Å². The van der Waals surface area contributed by atoms with Crippen molar-refractivity contribution in [1.29, 1.82) is 0 Å². The predicted molar refractivity (Wildman–Crippen MR) is 87.8 cm³/mol.